The van der Waals surface area contributed by atoms with Crippen molar-refractivity contribution >= 4 is 32.7 Å². The lowest BCUT2D eigenvalue weighted by molar-refractivity contribution is 0.117. The Morgan fingerprint density at radius 1 is 0.766 bits per heavy atom. The van der Waals surface area contributed by atoms with E-state index < -0.39 is 0 Å². The van der Waals surface area contributed by atoms with Crippen molar-refractivity contribution < 1.29 is 9.84 Å². The summed E-state index contributed by atoms with van der Waals surface area (Å²) >= 11 is 0. The maximum atomic E-state index is 9.36. The predicted molar refractivity (Wildman–Crippen MR) is 202 cm³/mol. The molecule has 0 bridgehead atoms. The Morgan fingerprint density at radius 2 is 1.47 bits per heavy atom. The van der Waals surface area contributed by atoms with Gasteiger partial charge in [-0.15, -0.1) is 0 Å². The van der Waals surface area contributed by atoms with Crippen LogP contribution in [0, 0.1) is 0 Å². The van der Waals surface area contributed by atoms with Gasteiger partial charge in [-0.3, -0.25) is 0 Å². The van der Waals surface area contributed by atoms with Gasteiger partial charge in [-0.25, -0.2) is 0 Å². The van der Waals surface area contributed by atoms with E-state index in [-0.39, 0.29) is 6.61 Å². The van der Waals surface area contributed by atoms with Gasteiger partial charge in [0.15, 0.2) is 0 Å². The number of hydrogen-bond donors (Lipinski definition) is 2. The standard InChI is InChI=1S/C20H25NO.C19H19NO.2C2H6/c1-3-5-8-13-22-15-16-11-12-20-18(14-16)17-9-6-7-10-19(17)21(20)4-2;21-12-13-6-8-18-16(10-13)17-11-15(7-9-19(17)20-18)14-4-2-1-3-5-14;2*1-2/h6-7,9-12,14H,3-5,8,13,15H2,1-2H3;1-6,8,10,15,20-21H,7,9,11-12H2;2*1-2H3. The number of aliphatic hydroxyl groups is 1. The van der Waals surface area contributed by atoms with Gasteiger partial charge in [-0.05, 0) is 91.1 Å². The van der Waals surface area contributed by atoms with Gasteiger partial charge in [-0.1, -0.05) is 108 Å². The number of fused-ring (bicyclic) bond motifs is 6. The van der Waals surface area contributed by atoms with Gasteiger partial charge < -0.3 is 19.4 Å². The summed E-state index contributed by atoms with van der Waals surface area (Å²) in [6, 6.07) is 32.4. The number of rotatable bonds is 9. The third kappa shape index (κ3) is 8.54. The average molecular weight is 633 g/mol. The molecule has 0 fully saturated rings. The molecule has 6 aromatic rings. The summed E-state index contributed by atoms with van der Waals surface area (Å²) in [7, 11) is 0. The number of ether oxygens (including phenoxy) is 1. The zero-order valence-corrected chi connectivity index (χ0v) is 29.6. The highest BCUT2D eigenvalue weighted by Gasteiger charge is 2.23. The Labute approximate surface area is 282 Å². The molecule has 4 nitrogen and oxygen atoms in total. The minimum Gasteiger partial charge on any atom is -0.392 e. The minimum atomic E-state index is 0.109. The number of aliphatic hydroxyl groups excluding tert-OH is 1. The average Bonchev–Trinajstić information content (AvgIpc) is 3.68. The Morgan fingerprint density at radius 3 is 2.21 bits per heavy atom. The molecule has 2 heterocycles. The Kier molecular flexibility index (Phi) is 14.1. The molecule has 0 saturated carbocycles. The van der Waals surface area contributed by atoms with Crippen molar-refractivity contribution in [3.63, 3.8) is 0 Å². The summed E-state index contributed by atoms with van der Waals surface area (Å²) in [5, 5.41) is 13.3. The molecular weight excluding hydrogens is 576 g/mol. The van der Waals surface area contributed by atoms with Crippen LogP contribution in [0.4, 0.5) is 0 Å². The van der Waals surface area contributed by atoms with E-state index in [1.54, 1.807) is 0 Å². The lowest BCUT2D eigenvalue weighted by Crippen LogP contribution is -2.11. The van der Waals surface area contributed by atoms with Crippen LogP contribution in [0.15, 0.2) is 91.0 Å². The first-order valence-electron chi connectivity index (χ1n) is 18.1. The van der Waals surface area contributed by atoms with Crippen LogP contribution in [0.25, 0.3) is 32.7 Å². The molecule has 0 amide bonds. The second-order valence-corrected chi connectivity index (χ2v) is 11.8. The third-order valence-corrected chi connectivity index (χ3v) is 9.02. The number of unbranched alkanes of at least 4 members (excludes halogenated alkanes) is 2. The lowest BCUT2D eigenvalue weighted by atomic mass is 9.82. The zero-order chi connectivity index (χ0) is 33.6. The monoisotopic (exact) mass is 632 g/mol. The molecule has 4 heteroatoms. The highest BCUT2D eigenvalue weighted by Crippen LogP contribution is 2.37. The fourth-order valence-electron chi connectivity index (χ4n) is 6.75. The number of nitrogens with one attached hydrogen (secondary N) is 1. The van der Waals surface area contributed by atoms with E-state index >= 15 is 0 Å². The van der Waals surface area contributed by atoms with Crippen LogP contribution >= 0.6 is 0 Å². The SMILES string of the molecule is CC.CC.CCCCCOCc1ccc2c(c1)c1ccccc1n2CC.OCc1ccc2[nH]c3c(c2c1)CC(c1ccccc1)CC3. The Balaban J connectivity index is 0.000000193. The van der Waals surface area contributed by atoms with Gasteiger partial charge >= 0.3 is 0 Å². The smallest absolute Gasteiger partial charge is 0.0717 e. The third-order valence-electron chi connectivity index (χ3n) is 9.02. The van der Waals surface area contributed by atoms with Crippen LogP contribution in [-0.4, -0.2) is 21.3 Å². The van der Waals surface area contributed by atoms with Crippen molar-refractivity contribution in [1.29, 1.82) is 0 Å². The van der Waals surface area contributed by atoms with E-state index in [4.69, 9.17) is 4.74 Å². The van der Waals surface area contributed by atoms with E-state index in [2.05, 4.69) is 108 Å². The summed E-state index contributed by atoms with van der Waals surface area (Å²) in [5.41, 5.74) is 10.4. The first kappa shape index (κ1) is 36.0. The van der Waals surface area contributed by atoms with E-state index in [9.17, 15) is 5.11 Å². The van der Waals surface area contributed by atoms with E-state index in [0.717, 1.165) is 38.0 Å². The van der Waals surface area contributed by atoms with Crippen LogP contribution in [0.1, 0.15) is 101 Å². The molecule has 7 rings (SSSR count). The number of para-hydroxylation sites is 1. The van der Waals surface area contributed by atoms with Crippen LogP contribution in [0.5, 0.6) is 0 Å². The molecule has 0 saturated heterocycles. The van der Waals surface area contributed by atoms with Gasteiger partial charge in [0.05, 0.1) is 13.2 Å². The number of H-pyrrole nitrogens is 1. The number of nitrogens with zero attached hydrogens (tertiary/aromatic N) is 1. The van der Waals surface area contributed by atoms with Gasteiger partial charge in [0.25, 0.3) is 0 Å². The van der Waals surface area contributed by atoms with Gasteiger partial charge in [0, 0.05) is 51.6 Å². The van der Waals surface area contributed by atoms with Crippen LogP contribution in [-0.2, 0) is 37.3 Å². The quantitative estimate of drug-likeness (QED) is 0.156. The summed E-state index contributed by atoms with van der Waals surface area (Å²) < 4.78 is 8.19. The van der Waals surface area contributed by atoms with Crippen molar-refractivity contribution in [2.24, 2.45) is 0 Å². The van der Waals surface area contributed by atoms with Gasteiger partial charge in [-0.2, -0.15) is 0 Å². The van der Waals surface area contributed by atoms with E-state index in [1.165, 1.54) is 74.4 Å². The normalized spacial score (nSPS) is 13.6. The molecule has 1 unspecified atom stereocenters. The van der Waals surface area contributed by atoms with E-state index in [0.29, 0.717) is 12.5 Å². The molecule has 1 atom stereocenters. The fraction of sp³-hybridized carbons (Fsp3) is 0.395. The van der Waals surface area contributed by atoms with Gasteiger partial charge in [0.2, 0.25) is 0 Å². The number of aromatic nitrogens is 2. The Bertz CT molecular complexity index is 1800. The molecule has 0 radical (unpaired) electrons. The molecule has 4 aromatic carbocycles. The molecule has 2 aromatic heterocycles. The summed E-state index contributed by atoms with van der Waals surface area (Å²) in [5.74, 6) is 0.607. The predicted octanol–water partition coefficient (Wildman–Crippen LogP) is 11.5. The second-order valence-electron chi connectivity index (χ2n) is 11.8. The summed E-state index contributed by atoms with van der Waals surface area (Å²) in [4.78, 5) is 3.56. The van der Waals surface area contributed by atoms with Crippen molar-refractivity contribution in [3.8, 4) is 0 Å². The lowest BCUT2D eigenvalue weighted by Gasteiger charge is -2.23. The number of hydrogen-bond acceptors (Lipinski definition) is 2. The van der Waals surface area contributed by atoms with Crippen molar-refractivity contribution in [2.75, 3.05) is 6.61 Å². The minimum absolute atomic E-state index is 0.109. The molecule has 1 aliphatic rings. The number of aromatic amines is 1. The van der Waals surface area contributed by atoms with Crippen molar-refractivity contribution in [2.45, 2.75) is 106 Å². The van der Waals surface area contributed by atoms with Crippen molar-refractivity contribution in [1.82, 2.24) is 9.55 Å². The van der Waals surface area contributed by atoms with E-state index in [1.807, 2.05) is 33.8 Å². The fourth-order valence-corrected chi connectivity index (χ4v) is 6.75. The van der Waals surface area contributed by atoms with Crippen LogP contribution in [0.2, 0.25) is 0 Å². The maximum absolute atomic E-state index is 9.36. The van der Waals surface area contributed by atoms with Crippen LogP contribution in [0.3, 0.4) is 0 Å². The highest BCUT2D eigenvalue weighted by molar-refractivity contribution is 6.08. The molecule has 250 valence electrons. The second kappa shape index (κ2) is 18.5. The molecule has 47 heavy (non-hydrogen) atoms. The first-order valence-corrected chi connectivity index (χ1v) is 18.1. The van der Waals surface area contributed by atoms with Crippen molar-refractivity contribution in [3.05, 3.63) is 119 Å². The molecule has 0 aliphatic heterocycles. The molecular formula is C43H56N2O2. The molecule has 2 N–H and O–H groups in total. The summed E-state index contributed by atoms with van der Waals surface area (Å²) in [6.45, 7) is 15.1. The largest absolute Gasteiger partial charge is 0.392 e. The Hall–Kier alpha value is -3.86. The maximum Gasteiger partial charge on any atom is 0.0717 e. The topological polar surface area (TPSA) is 50.2 Å². The number of benzene rings is 4. The zero-order valence-electron chi connectivity index (χ0n) is 29.6. The van der Waals surface area contributed by atoms with Gasteiger partial charge in [0.1, 0.15) is 0 Å². The molecule has 0 spiro atoms. The van der Waals surface area contributed by atoms with Crippen LogP contribution < -0.4 is 0 Å². The number of aryl methyl sites for hydroxylation is 2. The highest BCUT2D eigenvalue weighted by atomic mass is 16.5. The first-order chi connectivity index (χ1) is 23.2. The summed E-state index contributed by atoms with van der Waals surface area (Å²) in [6.07, 6.45) is 7.06. The molecule has 1 aliphatic carbocycles.